The zero-order chi connectivity index (χ0) is 14.0. The van der Waals surface area contributed by atoms with Crippen molar-refractivity contribution in [2.24, 2.45) is 4.99 Å². The standard InChI is InChI=1S/C16H14BNO2/c19-17(20)15-11-16(18-12-15,13-7-3-1-4-8-13)14-9-5-2-6-10-14/h1-12,19-20H. The van der Waals surface area contributed by atoms with Crippen LogP contribution < -0.4 is 0 Å². The molecule has 0 bridgehead atoms. The molecule has 1 heterocycles. The Kier molecular flexibility index (Phi) is 3.26. The van der Waals surface area contributed by atoms with Gasteiger partial charge in [-0.2, -0.15) is 0 Å². The maximum atomic E-state index is 9.37. The first kappa shape index (κ1) is 12.8. The average molecular weight is 263 g/mol. The highest BCUT2D eigenvalue weighted by Crippen LogP contribution is 2.38. The van der Waals surface area contributed by atoms with Crippen molar-refractivity contribution < 1.29 is 10.0 Å². The molecule has 1 aliphatic rings. The van der Waals surface area contributed by atoms with Crippen LogP contribution in [0.25, 0.3) is 0 Å². The lowest BCUT2D eigenvalue weighted by Gasteiger charge is -2.25. The molecular weight excluding hydrogens is 249 g/mol. The smallest absolute Gasteiger partial charge is 0.423 e. The molecule has 0 amide bonds. The molecule has 0 saturated heterocycles. The summed E-state index contributed by atoms with van der Waals surface area (Å²) >= 11 is 0. The number of hydrogen-bond acceptors (Lipinski definition) is 3. The molecule has 0 spiro atoms. The van der Waals surface area contributed by atoms with Gasteiger partial charge in [-0.1, -0.05) is 60.7 Å². The monoisotopic (exact) mass is 263 g/mol. The molecular formula is C16H14BNO2. The Bertz CT molecular complexity index is 611. The average Bonchev–Trinajstić information content (AvgIpc) is 2.96. The highest BCUT2D eigenvalue weighted by molar-refractivity contribution is 6.57. The van der Waals surface area contributed by atoms with Gasteiger partial charge in [0, 0.05) is 6.21 Å². The van der Waals surface area contributed by atoms with Crippen molar-refractivity contribution in [3.8, 4) is 0 Å². The van der Waals surface area contributed by atoms with E-state index in [2.05, 4.69) is 4.99 Å². The van der Waals surface area contributed by atoms with E-state index in [4.69, 9.17) is 0 Å². The lowest BCUT2D eigenvalue weighted by Crippen LogP contribution is -2.22. The van der Waals surface area contributed by atoms with Gasteiger partial charge >= 0.3 is 7.12 Å². The molecule has 0 radical (unpaired) electrons. The number of allylic oxidation sites excluding steroid dienone is 1. The molecule has 3 rings (SSSR count). The van der Waals surface area contributed by atoms with Crippen LogP contribution in [0.3, 0.4) is 0 Å². The van der Waals surface area contributed by atoms with Gasteiger partial charge in [-0.15, -0.1) is 0 Å². The van der Waals surface area contributed by atoms with Crippen LogP contribution in [-0.4, -0.2) is 23.4 Å². The molecule has 4 heteroatoms. The number of aliphatic imine (C=N–C) groups is 1. The Morgan fingerprint density at radius 2 is 1.30 bits per heavy atom. The van der Waals surface area contributed by atoms with Gasteiger partial charge in [0.25, 0.3) is 0 Å². The fourth-order valence-corrected chi connectivity index (χ4v) is 2.50. The summed E-state index contributed by atoms with van der Waals surface area (Å²) in [6.07, 6.45) is 3.34. The highest BCUT2D eigenvalue weighted by Gasteiger charge is 2.36. The van der Waals surface area contributed by atoms with Crippen LogP contribution in [0.5, 0.6) is 0 Å². The maximum Gasteiger partial charge on any atom is 0.489 e. The van der Waals surface area contributed by atoms with Crippen LogP contribution in [0, 0.1) is 0 Å². The van der Waals surface area contributed by atoms with Gasteiger partial charge in [-0.05, 0) is 22.7 Å². The van der Waals surface area contributed by atoms with Crippen molar-refractivity contribution in [2.75, 3.05) is 0 Å². The predicted octanol–water partition coefficient (Wildman–Crippen LogP) is 1.95. The van der Waals surface area contributed by atoms with Crippen molar-refractivity contribution in [1.82, 2.24) is 0 Å². The van der Waals surface area contributed by atoms with Crippen molar-refractivity contribution in [1.29, 1.82) is 0 Å². The number of rotatable bonds is 3. The second-order valence-electron chi connectivity index (χ2n) is 4.77. The van der Waals surface area contributed by atoms with E-state index in [0.717, 1.165) is 11.1 Å². The molecule has 0 atom stereocenters. The SMILES string of the molecule is OB(O)C1=CC(c2ccccc2)(c2ccccc2)N=C1. The van der Waals surface area contributed by atoms with Crippen LogP contribution in [0.1, 0.15) is 11.1 Å². The molecule has 0 saturated carbocycles. The molecule has 1 aliphatic heterocycles. The van der Waals surface area contributed by atoms with Crippen molar-refractivity contribution >= 4 is 13.3 Å². The summed E-state index contributed by atoms with van der Waals surface area (Å²) in [4.78, 5) is 4.57. The van der Waals surface area contributed by atoms with Crippen molar-refractivity contribution in [2.45, 2.75) is 5.54 Å². The molecule has 98 valence electrons. The normalized spacial score (nSPS) is 16.0. The molecule has 0 fully saturated rings. The fraction of sp³-hybridized carbons (Fsp3) is 0.0625. The second-order valence-corrected chi connectivity index (χ2v) is 4.77. The first-order valence-corrected chi connectivity index (χ1v) is 6.47. The summed E-state index contributed by atoms with van der Waals surface area (Å²) in [5.74, 6) is 0. The zero-order valence-electron chi connectivity index (χ0n) is 10.8. The summed E-state index contributed by atoms with van der Waals surface area (Å²) in [6, 6.07) is 19.7. The number of nitrogens with zero attached hydrogens (tertiary/aromatic N) is 1. The fourth-order valence-electron chi connectivity index (χ4n) is 2.50. The molecule has 0 unspecified atom stereocenters. The third-order valence-corrected chi connectivity index (χ3v) is 3.52. The molecule has 0 aromatic heterocycles. The lowest BCUT2D eigenvalue weighted by atomic mass is 9.76. The Labute approximate surface area is 118 Å². The minimum atomic E-state index is -1.51. The molecule has 3 nitrogen and oxygen atoms in total. The Balaban J connectivity index is 2.19. The van der Waals surface area contributed by atoms with Gasteiger partial charge in [-0.25, -0.2) is 0 Å². The Morgan fingerprint density at radius 3 is 1.70 bits per heavy atom. The van der Waals surface area contributed by atoms with Gasteiger partial charge in [-0.3, -0.25) is 4.99 Å². The third kappa shape index (κ3) is 2.09. The van der Waals surface area contributed by atoms with E-state index in [0.29, 0.717) is 5.47 Å². The van der Waals surface area contributed by atoms with Crippen LogP contribution in [0.4, 0.5) is 0 Å². The summed E-state index contributed by atoms with van der Waals surface area (Å²) in [5, 5.41) is 18.7. The summed E-state index contributed by atoms with van der Waals surface area (Å²) < 4.78 is 0. The molecule has 20 heavy (non-hydrogen) atoms. The summed E-state index contributed by atoms with van der Waals surface area (Å²) in [5.41, 5.74) is 1.73. The number of hydrogen-bond donors (Lipinski definition) is 2. The van der Waals surface area contributed by atoms with Crippen LogP contribution >= 0.6 is 0 Å². The predicted molar refractivity (Wildman–Crippen MR) is 80.4 cm³/mol. The maximum absolute atomic E-state index is 9.37. The van der Waals surface area contributed by atoms with E-state index in [9.17, 15) is 10.0 Å². The summed E-state index contributed by atoms with van der Waals surface area (Å²) in [6.45, 7) is 0. The largest absolute Gasteiger partial charge is 0.489 e. The van der Waals surface area contributed by atoms with Gasteiger partial charge < -0.3 is 10.0 Å². The van der Waals surface area contributed by atoms with E-state index in [1.165, 1.54) is 6.21 Å². The molecule has 2 aromatic rings. The van der Waals surface area contributed by atoms with Gasteiger partial charge in [0.15, 0.2) is 0 Å². The molecule has 0 aliphatic carbocycles. The first-order chi connectivity index (χ1) is 9.72. The van der Waals surface area contributed by atoms with E-state index < -0.39 is 12.7 Å². The first-order valence-electron chi connectivity index (χ1n) is 6.47. The van der Waals surface area contributed by atoms with Gasteiger partial charge in [0.1, 0.15) is 5.54 Å². The van der Waals surface area contributed by atoms with E-state index in [1.807, 2.05) is 66.7 Å². The second kappa shape index (κ2) is 5.08. The van der Waals surface area contributed by atoms with E-state index in [1.54, 1.807) is 0 Å². The van der Waals surface area contributed by atoms with Gasteiger partial charge in [0.05, 0.1) is 0 Å². The number of benzene rings is 2. The third-order valence-electron chi connectivity index (χ3n) is 3.52. The Morgan fingerprint density at radius 1 is 0.800 bits per heavy atom. The van der Waals surface area contributed by atoms with Crippen LogP contribution in [0.15, 0.2) is 77.2 Å². The molecule has 2 aromatic carbocycles. The van der Waals surface area contributed by atoms with Crippen LogP contribution in [-0.2, 0) is 5.54 Å². The van der Waals surface area contributed by atoms with Crippen molar-refractivity contribution in [3.05, 3.63) is 83.3 Å². The quantitative estimate of drug-likeness (QED) is 0.831. The Hall–Kier alpha value is -2.17. The summed E-state index contributed by atoms with van der Waals surface area (Å²) in [7, 11) is -1.51. The minimum Gasteiger partial charge on any atom is -0.423 e. The van der Waals surface area contributed by atoms with E-state index >= 15 is 0 Å². The van der Waals surface area contributed by atoms with E-state index in [-0.39, 0.29) is 0 Å². The minimum absolute atomic E-state index is 0.415. The zero-order valence-corrected chi connectivity index (χ0v) is 10.8. The highest BCUT2D eigenvalue weighted by atomic mass is 16.4. The van der Waals surface area contributed by atoms with Gasteiger partial charge in [0.2, 0.25) is 0 Å². The molecule has 2 N–H and O–H groups in total. The topological polar surface area (TPSA) is 52.8 Å². The van der Waals surface area contributed by atoms with Crippen LogP contribution in [0.2, 0.25) is 0 Å². The lowest BCUT2D eigenvalue weighted by molar-refractivity contribution is 0.421. The van der Waals surface area contributed by atoms with Crippen molar-refractivity contribution in [3.63, 3.8) is 0 Å².